The SMILES string of the molecule is CC(=O)Nc1ccccc1OS(=O)(=O)c1ccc2c(c1)CCC(=O)N2. The Labute approximate surface area is 145 Å². The van der Waals surface area contributed by atoms with E-state index < -0.39 is 10.1 Å². The van der Waals surface area contributed by atoms with Gasteiger partial charge in [0.15, 0.2) is 5.75 Å². The Kier molecular flexibility index (Phi) is 4.45. The second-order valence-electron chi connectivity index (χ2n) is 5.58. The van der Waals surface area contributed by atoms with Crippen LogP contribution in [0.2, 0.25) is 0 Å². The van der Waals surface area contributed by atoms with Crippen LogP contribution in [0.1, 0.15) is 18.9 Å². The minimum atomic E-state index is -4.08. The quantitative estimate of drug-likeness (QED) is 0.815. The number of hydrogen-bond donors (Lipinski definition) is 2. The lowest BCUT2D eigenvalue weighted by atomic mass is 10.0. The van der Waals surface area contributed by atoms with E-state index in [9.17, 15) is 18.0 Å². The maximum atomic E-state index is 12.6. The summed E-state index contributed by atoms with van der Waals surface area (Å²) in [5.74, 6) is -0.398. The van der Waals surface area contributed by atoms with E-state index in [1.165, 1.54) is 25.1 Å². The van der Waals surface area contributed by atoms with E-state index in [-0.39, 0.29) is 28.1 Å². The number of nitrogens with one attached hydrogen (secondary N) is 2. The third-order valence-electron chi connectivity index (χ3n) is 3.66. The summed E-state index contributed by atoms with van der Waals surface area (Å²) in [6.07, 6.45) is 0.774. The van der Waals surface area contributed by atoms with Gasteiger partial charge in [-0.05, 0) is 42.3 Å². The van der Waals surface area contributed by atoms with Crippen LogP contribution in [0.15, 0.2) is 47.4 Å². The van der Waals surface area contributed by atoms with Crippen LogP contribution < -0.4 is 14.8 Å². The molecule has 0 saturated heterocycles. The van der Waals surface area contributed by atoms with Crippen LogP contribution in [-0.4, -0.2) is 20.2 Å². The Bertz CT molecular complexity index is 953. The molecule has 0 spiro atoms. The van der Waals surface area contributed by atoms with Gasteiger partial charge < -0.3 is 14.8 Å². The third-order valence-corrected chi connectivity index (χ3v) is 4.89. The van der Waals surface area contributed by atoms with Crippen molar-refractivity contribution in [3.63, 3.8) is 0 Å². The molecule has 0 unspecified atom stereocenters. The monoisotopic (exact) mass is 360 g/mol. The average molecular weight is 360 g/mol. The van der Waals surface area contributed by atoms with Gasteiger partial charge in [-0.1, -0.05) is 12.1 Å². The number of benzene rings is 2. The molecular formula is C17H16N2O5S. The summed E-state index contributed by atoms with van der Waals surface area (Å²) in [4.78, 5) is 22.6. The van der Waals surface area contributed by atoms with Gasteiger partial charge >= 0.3 is 10.1 Å². The second-order valence-corrected chi connectivity index (χ2v) is 7.13. The second kappa shape index (κ2) is 6.56. The number of hydrogen-bond acceptors (Lipinski definition) is 5. The number of para-hydroxylation sites is 2. The van der Waals surface area contributed by atoms with Crippen molar-refractivity contribution in [3.05, 3.63) is 48.0 Å². The summed E-state index contributed by atoms with van der Waals surface area (Å²) in [7, 11) is -4.08. The molecule has 0 saturated carbocycles. The fourth-order valence-corrected chi connectivity index (χ4v) is 3.51. The Balaban J connectivity index is 1.91. The first-order valence-corrected chi connectivity index (χ1v) is 9.00. The van der Waals surface area contributed by atoms with Crippen molar-refractivity contribution in [1.82, 2.24) is 0 Å². The van der Waals surface area contributed by atoms with E-state index in [1.807, 2.05) is 0 Å². The maximum Gasteiger partial charge on any atom is 0.339 e. The standard InChI is InChI=1S/C17H16N2O5S/c1-11(20)18-15-4-2-3-5-16(15)24-25(22,23)13-7-8-14-12(10-13)6-9-17(21)19-14/h2-5,7-8,10H,6,9H2,1H3,(H,18,20)(H,19,21). The molecule has 2 amide bonds. The first-order chi connectivity index (χ1) is 11.8. The van der Waals surface area contributed by atoms with E-state index in [1.54, 1.807) is 24.3 Å². The van der Waals surface area contributed by atoms with Gasteiger partial charge in [0, 0.05) is 19.0 Å². The van der Waals surface area contributed by atoms with Gasteiger partial charge in [-0.3, -0.25) is 9.59 Å². The number of fused-ring (bicyclic) bond motifs is 1. The van der Waals surface area contributed by atoms with Crippen LogP contribution in [0, 0.1) is 0 Å². The van der Waals surface area contributed by atoms with E-state index >= 15 is 0 Å². The molecule has 0 atom stereocenters. The highest BCUT2D eigenvalue weighted by Crippen LogP contribution is 2.30. The van der Waals surface area contributed by atoms with Crippen molar-refractivity contribution >= 4 is 33.3 Å². The molecule has 3 rings (SSSR count). The van der Waals surface area contributed by atoms with Crippen LogP contribution in [-0.2, 0) is 26.1 Å². The van der Waals surface area contributed by atoms with Crippen molar-refractivity contribution in [2.75, 3.05) is 10.6 Å². The van der Waals surface area contributed by atoms with E-state index in [2.05, 4.69) is 10.6 Å². The largest absolute Gasteiger partial charge is 0.377 e. The van der Waals surface area contributed by atoms with E-state index in [0.29, 0.717) is 18.5 Å². The van der Waals surface area contributed by atoms with Crippen molar-refractivity contribution in [2.45, 2.75) is 24.7 Å². The molecule has 25 heavy (non-hydrogen) atoms. The lowest BCUT2D eigenvalue weighted by Gasteiger charge is -2.18. The molecule has 0 bridgehead atoms. The molecule has 2 N–H and O–H groups in total. The van der Waals surface area contributed by atoms with Crippen LogP contribution >= 0.6 is 0 Å². The molecule has 8 heteroatoms. The van der Waals surface area contributed by atoms with Gasteiger partial charge in [-0.25, -0.2) is 0 Å². The van der Waals surface area contributed by atoms with Crippen molar-refractivity contribution in [2.24, 2.45) is 0 Å². The number of rotatable bonds is 4. The summed E-state index contributed by atoms with van der Waals surface area (Å²) < 4.78 is 30.3. The van der Waals surface area contributed by atoms with Crippen LogP contribution in [0.25, 0.3) is 0 Å². The van der Waals surface area contributed by atoms with Crippen LogP contribution in [0.4, 0.5) is 11.4 Å². The van der Waals surface area contributed by atoms with Gasteiger partial charge in [-0.15, -0.1) is 0 Å². The molecule has 1 aliphatic rings. The molecule has 7 nitrogen and oxygen atoms in total. The topological polar surface area (TPSA) is 102 Å². The molecule has 2 aromatic rings. The third kappa shape index (κ3) is 3.80. The zero-order valence-corrected chi connectivity index (χ0v) is 14.2. The van der Waals surface area contributed by atoms with Crippen LogP contribution in [0.3, 0.4) is 0 Å². The molecule has 0 aromatic heterocycles. The highest BCUT2D eigenvalue weighted by atomic mass is 32.2. The van der Waals surface area contributed by atoms with Crippen molar-refractivity contribution in [3.8, 4) is 5.75 Å². The Morgan fingerprint density at radius 2 is 1.92 bits per heavy atom. The maximum absolute atomic E-state index is 12.6. The minimum Gasteiger partial charge on any atom is -0.377 e. The smallest absolute Gasteiger partial charge is 0.339 e. The predicted octanol–water partition coefficient (Wildman–Crippen LogP) is 2.30. The molecule has 0 aliphatic carbocycles. The average Bonchev–Trinajstić information content (AvgIpc) is 2.55. The summed E-state index contributed by atoms with van der Waals surface area (Å²) >= 11 is 0. The fourth-order valence-electron chi connectivity index (χ4n) is 2.51. The summed E-state index contributed by atoms with van der Waals surface area (Å²) in [5, 5.41) is 5.22. The molecule has 1 heterocycles. The van der Waals surface area contributed by atoms with Crippen molar-refractivity contribution in [1.29, 1.82) is 0 Å². The zero-order chi connectivity index (χ0) is 18.0. The Hall–Kier alpha value is -2.87. The van der Waals surface area contributed by atoms with Gasteiger partial charge in [0.25, 0.3) is 0 Å². The summed E-state index contributed by atoms with van der Waals surface area (Å²) in [6.45, 7) is 1.32. The highest BCUT2D eigenvalue weighted by molar-refractivity contribution is 7.87. The van der Waals surface area contributed by atoms with Gasteiger partial charge in [0.05, 0.1) is 5.69 Å². The number of carbonyl (C=O) groups excluding carboxylic acids is 2. The first kappa shape index (κ1) is 17.0. The van der Waals surface area contributed by atoms with Gasteiger partial charge in [-0.2, -0.15) is 8.42 Å². The zero-order valence-electron chi connectivity index (χ0n) is 13.4. The molecule has 0 radical (unpaired) electrons. The Morgan fingerprint density at radius 3 is 2.68 bits per heavy atom. The number of carbonyl (C=O) groups is 2. The minimum absolute atomic E-state index is 0.0139. The molecular weight excluding hydrogens is 344 g/mol. The molecule has 0 fully saturated rings. The number of anilines is 2. The predicted molar refractivity (Wildman–Crippen MR) is 92.0 cm³/mol. The summed E-state index contributed by atoms with van der Waals surface area (Å²) in [6, 6.07) is 10.7. The molecule has 1 aliphatic heterocycles. The highest BCUT2D eigenvalue weighted by Gasteiger charge is 2.22. The lowest BCUT2D eigenvalue weighted by molar-refractivity contribution is -0.116. The van der Waals surface area contributed by atoms with Crippen LogP contribution in [0.5, 0.6) is 5.75 Å². The number of amides is 2. The molecule has 2 aromatic carbocycles. The van der Waals surface area contributed by atoms with E-state index in [0.717, 1.165) is 5.56 Å². The molecule has 130 valence electrons. The van der Waals surface area contributed by atoms with Crippen molar-refractivity contribution < 1.29 is 22.2 Å². The normalized spacial score (nSPS) is 13.6. The Morgan fingerprint density at radius 1 is 1.16 bits per heavy atom. The fraction of sp³-hybridized carbons (Fsp3) is 0.176. The van der Waals surface area contributed by atoms with Gasteiger partial charge in [0.1, 0.15) is 4.90 Å². The summed E-state index contributed by atoms with van der Waals surface area (Å²) in [5.41, 5.74) is 1.61. The van der Waals surface area contributed by atoms with Gasteiger partial charge in [0.2, 0.25) is 11.8 Å². The first-order valence-electron chi connectivity index (χ1n) is 7.59. The number of aryl methyl sites for hydroxylation is 1. The lowest BCUT2D eigenvalue weighted by Crippen LogP contribution is -2.20. The van der Waals surface area contributed by atoms with E-state index in [4.69, 9.17) is 4.18 Å².